The number of ether oxygens (including phenoxy) is 2. The first kappa shape index (κ1) is 23.0. The van der Waals surface area contributed by atoms with Crippen molar-refractivity contribution in [3.63, 3.8) is 0 Å². The highest BCUT2D eigenvalue weighted by molar-refractivity contribution is 5.72. The third-order valence-corrected chi connectivity index (χ3v) is 6.96. The minimum Gasteiger partial charge on any atom is -0.462 e. The van der Waals surface area contributed by atoms with E-state index in [1.807, 2.05) is 26.8 Å². The fraction of sp³-hybridized carbons (Fsp3) is 0.750. The summed E-state index contributed by atoms with van der Waals surface area (Å²) in [5.41, 5.74) is 2.01. The molecule has 3 rings (SSSR count). The summed E-state index contributed by atoms with van der Waals surface area (Å²) in [6.45, 7) is 7.95. The second kappa shape index (κ2) is 9.65. The lowest BCUT2D eigenvalue weighted by atomic mass is 9.65. The molecule has 2 aliphatic carbocycles. The van der Waals surface area contributed by atoms with Crippen molar-refractivity contribution in [2.24, 2.45) is 23.7 Å². The molecular formula is C24H36O6. The van der Waals surface area contributed by atoms with Gasteiger partial charge < -0.3 is 19.7 Å². The first-order valence-electron chi connectivity index (χ1n) is 11.4. The highest BCUT2D eigenvalue weighted by Gasteiger charge is 2.44. The molecule has 2 N–H and O–H groups in total. The number of aliphatic hydroxyl groups is 2. The summed E-state index contributed by atoms with van der Waals surface area (Å²) in [6, 6.07) is 0. The number of carbonyl (C=O) groups is 2. The maximum atomic E-state index is 12.6. The molecule has 168 valence electrons. The zero-order valence-corrected chi connectivity index (χ0v) is 18.5. The van der Waals surface area contributed by atoms with Crippen molar-refractivity contribution >= 4 is 11.9 Å². The van der Waals surface area contributed by atoms with Crippen molar-refractivity contribution in [3.05, 3.63) is 23.3 Å². The van der Waals surface area contributed by atoms with Crippen LogP contribution >= 0.6 is 0 Å². The van der Waals surface area contributed by atoms with Gasteiger partial charge in [0.15, 0.2) is 0 Å². The van der Waals surface area contributed by atoms with Gasteiger partial charge in [-0.1, -0.05) is 38.5 Å². The monoisotopic (exact) mass is 420 g/mol. The molecule has 0 radical (unpaired) electrons. The van der Waals surface area contributed by atoms with E-state index in [-0.39, 0.29) is 54.2 Å². The van der Waals surface area contributed by atoms with Gasteiger partial charge in [-0.3, -0.25) is 9.59 Å². The lowest BCUT2D eigenvalue weighted by Gasteiger charge is -2.44. The van der Waals surface area contributed by atoms with E-state index in [1.165, 1.54) is 0 Å². The summed E-state index contributed by atoms with van der Waals surface area (Å²) in [7, 11) is 0. The van der Waals surface area contributed by atoms with Gasteiger partial charge in [-0.05, 0) is 50.0 Å². The zero-order valence-electron chi connectivity index (χ0n) is 18.5. The van der Waals surface area contributed by atoms with Crippen LogP contribution in [0.5, 0.6) is 0 Å². The van der Waals surface area contributed by atoms with E-state index in [0.29, 0.717) is 12.8 Å². The molecule has 0 aromatic heterocycles. The van der Waals surface area contributed by atoms with E-state index in [0.717, 1.165) is 30.4 Å². The molecular weight excluding hydrogens is 384 g/mol. The number of hydrogen-bond donors (Lipinski definition) is 2. The first-order valence-corrected chi connectivity index (χ1v) is 11.4. The van der Waals surface area contributed by atoms with Crippen molar-refractivity contribution in [3.8, 4) is 0 Å². The average molecular weight is 421 g/mol. The largest absolute Gasteiger partial charge is 0.462 e. The Labute approximate surface area is 179 Å². The Bertz CT molecular complexity index is 710. The van der Waals surface area contributed by atoms with Gasteiger partial charge in [0.25, 0.3) is 0 Å². The SMILES string of the molecule is CC[C@H](C)C(=O)O[C@H]1C[C@@H](C)C=C2C(O)C=C(C)C(CC[C@@H]3C[C@@H](O)CC(=O)O3)[C@H]21. The van der Waals surface area contributed by atoms with E-state index < -0.39 is 12.2 Å². The number of cyclic esters (lactones) is 1. The predicted molar refractivity (Wildman–Crippen MR) is 112 cm³/mol. The molecule has 0 aromatic rings. The lowest BCUT2D eigenvalue weighted by molar-refractivity contribution is -0.162. The fourth-order valence-corrected chi connectivity index (χ4v) is 5.14. The topological polar surface area (TPSA) is 93.1 Å². The quantitative estimate of drug-likeness (QED) is 0.506. The van der Waals surface area contributed by atoms with Gasteiger partial charge in [-0.25, -0.2) is 0 Å². The molecule has 1 fully saturated rings. The maximum absolute atomic E-state index is 12.6. The van der Waals surface area contributed by atoms with Crippen LogP contribution in [0.2, 0.25) is 0 Å². The molecule has 6 nitrogen and oxygen atoms in total. The van der Waals surface area contributed by atoms with Crippen LogP contribution in [-0.2, 0) is 19.1 Å². The summed E-state index contributed by atoms with van der Waals surface area (Å²) < 4.78 is 11.4. The molecule has 1 saturated heterocycles. The predicted octanol–water partition coefficient (Wildman–Crippen LogP) is 3.31. The molecule has 1 heterocycles. The molecule has 0 saturated carbocycles. The number of aliphatic hydroxyl groups excluding tert-OH is 2. The Morgan fingerprint density at radius 3 is 2.67 bits per heavy atom. The van der Waals surface area contributed by atoms with Crippen molar-refractivity contribution in [2.45, 2.75) is 90.6 Å². The minimum absolute atomic E-state index is 0.0616. The Kier molecular flexibility index (Phi) is 7.40. The van der Waals surface area contributed by atoms with Crippen LogP contribution in [-0.4, -0.2) is 46.6 Å². The van der Waals surface area contributed by atoms with Crippen molar-refractivity contribution in [1.82, 2.24) is 0 Å². The first-order chi connectivity index (χ1) is 14.2. The Hall–Kier alpha value is -1.66. The molecule has 8 atom stereocenters. The van der Waals surface area contributed by atoms with Crippen LogP contribution in [0.25, 0.3) is 0 Å². The van der Waals surface area contributed by atoms with Crippen LogP contribution in [0.1, 0.15) is 66.2 Å². The van der Waals surface area contributed by atoms with Gasteiger partial charge in [0.1, 0.15) is 12.2 Å². The van der Waals surface area contributed by atoms with Crippen LogP contribution in [0.4, 0.5) is 0 Å². The number of hydrogen-bond acceptors (Lipinski definition) is 6. The summed E-state index contributed by atoms with van der Waals surface area (Å²) in [5, 5.41) is 20.6. The van der Waals surface area contributed by atoms with E-state index in [2.05, 4.69) is 13.0 Å². The van der Waals surface area contributed by atoms with Gasteiger partial charge in [-0.2, -0.15) is 0 Å². The van der Waals surface area contributed by atoms with Gasteiger partial charge in [0.05, 0.1) is 24.5 Å². The molecule has 0 bridgehead atoms. The number of fused-ring (bicyclic) bond motifs is 1. The van der Waals surface area contributed by atoms with Gasteiger partial charge in [0, 0.05) is 12.3 Å². The Balaban J connectivity index is 1.79. The second-order valence-corrected chi connectivity index (χ2v) is 9.43. The summed E-state index contributed by atoms with van der Waals surface area (Å²) >= 11 is 0. The molecule has 30 heavy (non-hydrogen) atoms. The van der Waals surface area contributed by atoms with Gasteiger partial charge in [-0.15, -0.1) is 0 Å². The second-order valence-electron chi connectivity index (χ2n) is 9.43. The Morgan fingerprint density at radius 1 is 1.27 bits per heavy atom. The Morgan fingerprint density at radius 2 is 2.00 bits per heavy atom. The van der Waals surface area contributed by atoms with Crippen molar-refractivity contribution < 1.29 is 29.3 Å². The smallest absolute Gasteiger partial charge is 0.308 e. The average Bonchev–Trinajstić information content (AvgIpc) is 2.66. The zero-order chi connectivity index (χ0) is 22.0. The van der Waals surface area contributed by atoms with Crippen LogP contribution in [0.3, 0.4) is 0 Å². The molecule has 3 aliphatic rings. The number of carbonyl (C=O) groups excluding carboxylic acids is 2. The van der Waals surface area contributed by atoms with Crippen LogP contribution in [0, 0.1) is 23.7 Å². The highest BCUT2D eigenvalue weighted by Crippen LogP contribution is 2.46. The molecule has 6 heteroatoms. The van der Waals surface area contributed by atoms with E-state index in [4.69, 9.17) is 9.47 Å². The van der Waals surface area contributed by atoms with E-state index in [9.17, 15) is 19.8 Å². The third-order valence-electron chi connectivity index (χ3n) is 6.96. The lowest BCUT2D eigenvalue weighted by Crippen LogP contribution is -2.44. The molecule has 1 aliphatic heterocycles. The molecule has 0 amide bonds. The number of esters is 2. The fourth-order valence-electron chi connectivity index (χ4n) is 5.14. The third kappa shape index (κ3) is 5.14. The van der Waals surface area contributed by atoms with Crippen molar-refractivity contribution in [1.29, 1.82) is 0 Å². The van der Waals surface area contributed by atoms with Gasteiger partial charge >= 0.3 is 11.9 Å². The van der Waals surface area contributed by atoms with E-state index >= 15 is 0 Å². The number of rotatable bonds is 6. The van der Waals surface area contributed by atoms with Crippen LogP contribution in [0.15, 0.2) is 23.3 Å². The highest BCUT2D eigenvalue weighted by atomic mass is 16.5. The van der Waals surface area contributed by atoms with Gasteiger partial charge in [0.2, 0.25) is 0 Å². The normalized spacial score (nSPS) is 37.4. The minimum atomic E-state index is -0.659. The van der Waals surface area contributed by atoms with E-state index in [1.54, 1.807) is 0 Å². The molecule has 0 spiro atoms. The molecule has 0 aromatic carbocycles. The maximum Gasteiger partial charge on any atom is 0.308 e. The van der Waals surface area contributed by atoms with Crippen molar-refractivity contribution in [2.75, 3.05) is 0 Å². The summed E-state index contributed by atoms with van der Waals surface area (Å²) in [5.74, 6) is -0.430. The summed E-state index contributed by atoms with van der Waals surface area (Å²) in [6.07, 6.45) is 5.52. The van der Waals surface area contributed by atoms with Crippen LogP contribution < -0.4 is 0 Å². The molecule has 2 unspecified atom stereocenters. The standard InChI is InChI=1S/C24H36O6/c1-5-14(3)24(28)30-21-9-13(2)8-19-20(26)10-15(4)18(23(19)21)7-6-17-11-16(25)12-22(27)29-17/h8,10,13-14,16-18,20-21,23,25-26H,5-7,9,11-12H2,1-4H3/t13-,14-,16+,17+,18?,20?,21-,23+/m0/s1. The summed E-state index contributed by atoms with van der Waals surface area (Å²) in [4.78, 5) is 24.2. The number of allylic oxidation sites excluding steroid dienone is 2.